The van der Waals surface area contributed by atoms with E-state index in [9.17, 15) is 0 Å². The Bertz CT molecular complexity index is 3420. The number of hydrogen-bond donors (Lipinski definition) is 0. The third-order valence-corrected chi connectivity index (χ3v) is 15.7. The molecule has 12 rings (SSSR count). The summed E-state index contributed by atoms with van der Waals surface area (Å²) >= 11 is 0. The van der Waals surface area contributed by atoms with Gasteiger partial charge in [0.15, 0.2) is 0 Å². The Balaban J connectivity index is 1.08. The van der Waals surface area contributed by atoms with E-state index in [1.54, 1.807) is 0 Å². The topological polar surface area (TPSA) is 0 Å². The van der Waals surface area contributed by atoms with E-state index in [0.29, 0.717) is 0 Å². The van der Waals surface area contributed by atoms with Crippen LogP contribution in [-0.4, -0.2) is 0 Å². The molecule has 336 valence electrons. The van der Waals surface area contributed by atoms with Crippen LogP contribution in [0.5, 0.6) is 0 Å². The fourth-order valence-electron chi connectivity index (χ4n) is 12.4. The molecule has 0 amide bonds. The third-order valence-electron chi connectivity index (χ3n) is 15.7. The van der Waals surface area contributed by atoms with Crippen molar-refractivity contribution in [1.82, 2.24) is 0 Å². The molecule has 0 heteroatoms. The Kier molecular flexibility index (Phi) is 11.4. The van der Waals surface area contributed by atoms with Gasteiger partial charge in [0, 0.05) is 0 Å². The molecular weight excluding hydrogens is 829 g/mol. The van der Waals surface area contributed by atoms with Gasteiger partial charge in [0.05, 0.1) is 5.41 Å². The van der Waals surface area contributed by atoms with Crippen molar-refractivity contribution in [3.8, 4) is 66.8 Å². The molecule has 0 nitrogen and oxygen atoms in total. The van der Waals surface area contributed by atoms with Crippen molar-refractivity contribution in [1.29, 1.82) is 0 Å². The predicted molar refractivity (Wildman–Crippen MR) is 295 cm³/mol. The number of fused-ring (bicyclic) bond motifs is 7. The van der Waals surface area contributed by atoms with Crippen LogP contribution >= 0.6 is 0 Å². The zero-order valence-electron chi connectivity index (χ0n) is 40.2. The van der Waals surface area contributed by atoms with Crippen molar-refractivity contribution >= 4 is 21.5 Å². The summed E-state index contributed by atoms with van der Waals surface area (Å²) in [7, 11) is 0. The number of rotatable bonds is 15. The zero-order valence-corrected chi connectivity index (χ0v) is 40.2. The van der Waals surface area contributed by atoms with Gasteiger partial charge >= 0.3 is 0 Å². The smallest absolute Gasteiger partial charge is 0.0654 e. The minimum Gasteiger partial charge on any atom is -0.0654 e. The second-order valence-electron chi connectivity index (χ2n) is 19.8. The van der Waals surface area contributed by atoms with Gasteiger partial charge in [-0.1, -0.05) is 246 Å². The lowest BCUT2D eigenvalue weighted by molar-refractivity contribution is 0.666. The molecule has 0 aliphatic heterocycles. The maximum Gasteiger partial charge on any atom is 0.0713 e. The van der Waals surface area contributed by atoms with E-state index in [2.05, 4.69) is 220 Å². The van der Waals surface area contributed by atoms with Gasteiger partial charge in [-0.2, -0.15) is 0 Å². The van der Waals surface area contributed by atoms with Crippen molar-refractivity contribution in [2.75, 3.05) is 0 Å². The maximum atomic E-state index is 2.55. The van der Waals surface area contributed by atoms with Gasteiger partial charge in [-0.3, -0.25) is 0 Å². The molecule has 0 atom stereocenters. The molecule has 10 aromatic carbocycles. The fraction of sp³-hybridized carbons (Fsp3) is 0.188. The first-order chi connectivity index (χ1) is 34.2. The van der Waals surface area contributed by atoms with Gasteiger partial charge in [0.2, 0.25) is 0 Å². The van der Waals surface area contributed by atoms with Gasteiger partial charge in [0.25, 0.3) is 0 Å². The SMILES string of the molecule is CCCCCCc1ccc(C2(c3ccc(CCCCCC)cc3)c3ccccc3-c3ccc(-c4ccc5c(-c6ccccc6)c6c(c(-c7ccccc7)c5c4)-c4cccc5cccc-6c45)cc32)cc1. The van der Waals surface area contributed by atoms with Crippen LogP contribution in [0.15, 0.2) is 206 Å². The summed E-state index contributed by atoms with van der Waals surface area (Å²) in [6.45, 7) is 4.59. The zero-order chi connectivity index (χ0) is 46.3. The average molecular weight is 889 g/mol. The molecule has 0 aromatic heterocycles. The van der Waals surface area contributed by atoms with Gasteiger partial charge < -0.3 is 0 Å². The highest BCUT2D eigenvalue weighted by molar-refractivity contribution is 6.27. The predicted octanol–water partition coefficient (Wildman–Crippen LogP) is 19.3. The second kappa shape index (κ2) is 18.3. The maximum absolute atomic E-state index is 2.55. The number of hydrogen-bond acceptors (Lipinski definition) is 0. The van der Waals surface area contributed by atoms with E-state index in [1.165, 1.54) is 173 Å². The molecule has 0 saturated carbocycles. The number of aryl methyl sites for hydroxylation is 2. The highest BCUT2D eigenvalue weighted by Gasteiger charge is 2.46. The molecule has 0 saturated heterocycles. The molecule has 69 heavy (non-hydrogen) atoms. The minimum absolute atomic E-state index is 0.485. The van der Waals surface area contributed by atoms with E-state index in [1.807, 2.05) is 0 Å². The van der Waals surface area contributed by atoms with Crippen molar-refractivity contribution in [2.45, 2.75) is 83.5 Å². The van der Waals surface area contributed by atoms with Crippen LogP contribution in [-0.2, 0) is 18.3 Å². The van der Waals surface area contributed by atoms with Crippen molar-refractivity contribution in [3.63, 3.8) is 0 Å². The summed E-state index contributed by atoms with van der Waals surface area (Å²) in [6, 6.07) is 79.4. The van der Waals surface area contributed by atoms with Crippen LogP contribution in [0.1, 0.15) is 98.6 Å². The first-order valence-corrected chi connectivity index (χ1v) is 25.9. The number of unbranched alkanes of at least 4 members (excludes halogenated alkanes) is 6. The first-order valence-electron chi connectivity index (χ1n) is 25.9. The van der Waals surface area contributed by atoms with Crippen molar-refractivity contribution in [2.24, 2.45) is 0 Å². The highest BCUT2D eigenvalue weighted by Crippen LogP contribution is 2.59. The second-order valence-corrected chi connectivity index (χ2v) is 19.8. The Hall–Kier alpha value is -7.28. The van der Waals surface area contributed by atoms with Crippen LogP contribution in [0.2, 0.25) is 0 Å². The summed E-state index contributed by atoms with van der Waals surface area (Å²) < 4.78 is 0. The quantitative estimate of drug-likeness (QED) is 0.0900. The van der Waals surface area contributed by atoms with Gasteiger partial charge in [-0.25, -0.2) is 0 Å². The van der Waals surface area contributed by atoms with Gasteiger partial charge in [-0.15, -0.1) is 0 Å². The lowest BCUT2D eigenvalue weighted by atomic mass is 9.67. The lowest BCUT2D eigenvalue weighted by Crippen LogP contribution is -2.28. The molecule has 2 aliphatic rings. The third kappa shape index (κ3) is 7.27. The Morgan fingerprint density at radius 1 is 0.319 bits per heavy atom. The largest absolute Gasteiger partial charge is 0.0713 e. The standard InChI is InChI=1S/C69H60/c1-3-5-7-11-21-47-33-39-54(40-34-47)69(55-41-35-48(36-42-55)22-12-8-6-4-2)62-32-18-17-29-56(62)57-43-37-53(46-63(57)69)52-38-44-58-61(45-52)66(51-25-15-10-16-26-51)68-60-31-20-28-49-27-19-30-59(64(49)60)67(68)65(58)50-23-13-9-14-24-50/h9-10,13-20,23-46H,3-8,11-12,21-22H2,1-2H3. The molecule has 10 aromatic rings. The minimum atomic E-state index is -0.485. The van der Waals surface area contributed by atoms with E-state index in [4.69, 9.17) is 0 Å². The normalized spacial score (nSPS) is 12.9. The van der Waals surface area contributed by atoms with E-state index >= 15 is 0 Å². The van der Waals surface area contributed by atoms with Crippen LogP contribution in [0.25, 0.3) is 88.3 Å². The summed E-state index contributed by atoms with van der Waals surface area (Å²) in [4.78, 5) is 0. The molecule has 0 radical (unpaired) electrons. The molecule has 0 spiro atoms. The molecule has 0 heterocycles. The summed E-state index contributed by atoms with van der Waals surface area (Å²) in [5.41, 5.74) is 23.3. The lowest BCUT2D eigenvalue weighted by Gasteiger charge is -2.34. The molecule has 0 unspecified atom stereocenters. The Morgan fingerprint density at radius 2 is 0.812 bits per heavy atom. The fourth-order valence-corrected chi connectivity index (χ4v) is 12.4. The van der Waals surface area contributed by atoms with Crippen molar-refractivity contribution in [3.05, 3.63) is 240 Å². The van der Waals surface area contributed by atoms with Crippen LogP contribution in [0.3, 0.4) is 0 Å². The Labute approximate surface area is 409 Å². The van der Waals surface area contributed by atoms with Gasteiger partial charge in [-0.05, 0) is 160 Å². The summed E-state index contributed by atoms with van der Waals surface area (Å²) in [5, 5.41) is 5.19. The summed E-state index contributed by atoms with van der Waals surface area (Å²) in [5.74, 6) is 0. The molecule has 0 fully saturated rings. The molecule has 0 N–H and O–H groups in total. The van der Waals surface area contributed by atoms with Crippen molar-refractivity contribution < 1.29 is 0 Å². The van der Waals surface area contributed by atoms with E-state index in [-0.39, 0.29) is 0 Å². The van der Waals surface area contributed by atoms with Gasteiger partial charge in [0.1, 0.15) is 0 Å². The molecular formula is C69H60. The van der Waals surface area contributed by atoms with Crippen LogP contribution in [0, 0.1) is 0 Å². The number of benzene rings is 10. The van der Waals surface area contributed by atoms with Crippen LogP contribution in [0.4, 0.5) is 0 Å². The average Bonchev–Trinajstić information content (AvgIpc) is 3.90. The van der Waals surface area contributed by atoms with E-state index in [0.717, 1.165) is 12.8 Å². The molecule has 0 bridgehead atoms. The highest BCUT2D eigenvalue weighted by atomic mass is 14.5. The Morgan fingerprint density at radius 3 is 1.39 bits per heavy atom. The first kappa shape index (κ1) is 43.0. The monoisotopic (exact) mass is 888 g/mol. The summed E-state index contributed by atoms with van der Waals surface area (Å²) in [6.07, 6.45) is 12.4. The van der Waals surface area contributed by atoms with Crippen LogP contribution < -0.4 is 0 Å². The molecule has 2 aliphatic carbocycles. The van der Waals surface area contributed by atoms with E-state index < -0.39 is 5.41 Å².